The third kappa shape index (κ3) is 9.84. The summed E-state index contributed by atoms with van der Waals surface area (Å²) in [6.07, 6.45) is 3.80. The molecule has 0 aliphatic heterocycles. The zero-order chi connectivity index (χ0) is 33.1. The average Bonchev–Trinajstić information content (AvgIpc) is 2.97. The van der Waals surface area contributed by atoms with Crippen LogP contribution in [-0.2, 0) is 22.6 Å². The Bertz CT molecular complexity index is 1450. The van der Waals surface area contributed by atoms with E-state index in [0.717, 1.165) is 30.0 Å². The van der Waals surface area contributed by atoms with Crippen LogP contribution in [0.15, 0.2) is 65.8 Å². The molecule has 1 aliphatic rings. The summed E-state index contributed by atoms with van der Waals surface area (Å²) in [6.45, 7) is 11.4. The van der Waals surface area contributed by atoms with Crippen molar-refractivity contribution in [1.82, 2.24) is 10.2 Å². The molecule has 6 nitrogen and oxygen atoms in total. The van der Waals surface area contributed by atoms with E-state index in [1.54, 1.807) is 24.0 Å². The Morgan fingerprint density at radius 3 is 2.33 bits per heavy atom. The van der Waals surface area contributed by atoms with Crippen molar-refractivity contribution in [3.05, 3.63) is 94.1 Å². The van der Waals surface area contributed by atoms with Crippen molar-refractivity contribution < 1.29 is 23.5 Å². The van der Waals surface area contributed by atoms with Crippen LogP contribution < -0.4 is 11.1 Å². The lowest BCUT2D eigenvalue weighted by Gasteiger charge is -2.42. The first-order chi connectivity index (χ1) is 21.4. The Hall–Kier alpha value is -3.80. The second-order valence-corrected chi connectivity index (χ2v) is 12.3. The SMILES string of the molecule is CCCN(CCC)C(=O)C1=CC(C)=CC(C(N)=O)([C@H](Cc2cc(F)cc(F)c2)[C@@H](O)CNCc2cccc(C#CC(C)C)c2)C1. The van der Waals surface area contributed by atoms with Gasteiger partial charge in [-0.3, -0.25) is 9.59 Å². The van der Waals surface area contributed by atoms with Crippen LogP contribution in [0, 0.1) is 40.7 Å². The molecule has 0 saturated carbocycles. The van der Waals surface area contributed by atoms with Gasteiger partial charge in [0.05, 0.1) is 11.5 Å². The normalized spacial score (nSPS) is 17.5. The summed E-state index contributed by atoms with van der Waals surface area (Å²) >= 11 is 0. The molecule has 3 atom stereocenters. The fourth-order valence-electron chi connectivity index (χ4n) is 6.05. The molecule has 0 saturated heterocycles. The molecular formula is C37H47F2N3O3. The average molecular weight is 620 g/mol. The molecule has 0 radical (unpaired) electrons. The van der Waals surface area contributed by atoms with E-state index < -0.39 is 35.0 Å². The van der Waals surface area contributed by atoms with Crippen LogP contribution in [0.1, 0.15) is 70.6 Å². The fourth-order valence-corrected chi connectivity index (χ4v) is 6.05. The monoisotopic (exact) mass is 619 g/mol. The number of nitrogens with two attached hydrogens (primary N) is 1. The van der Waals surface area contributed by atoms with Crippen LogP contribution in [-0.4, -0.2) is 47.6 Å². The summed E-state index contributed by atoms with van der Waals surface area (Å²) < 4.78 is 28.5. The number of benzene rings is 2. The van der Waals surface area contributed by atoms with E-state index in [2.05, 4.69) is 17.2 Å². The minimum Gasteiger partial charge on any atom is -0.391 e. The Morgan fingerprint density at radius 2 is 1.73 bits per heavy atom. The maximum Gasteiger partial charge on any atom is 0.249 e. The maximum atomic E-state index is 14.3. The number of halogens is 2. The van der Waals surface area contributed by atoms with Gasteiger partial charge < -0.3 is 21.1 Å². The van der Waals surface area contributed by atoms with Crippen LogP contribution in [0.3, 0.4) is 0 Å². The lowest BCUT2D eigenvalue weighted by molar-refractivity contribution is -0.132. The van der Waals surface area contributed by atoms with E-state index in [-0.39, 0.29) is 36.8 Å². The van der Waals surface area contributed by atoms with E-state index in [1.807, 2.05) is 52.0 Å². The van der Waals surface area contributed by atoms with Gasteiger partial charge in [-0.15, -0.1) is 0 Å². The number of primary amides is 1. The number of nitrogens with zero attached hydrogens (tertiary/aromatic N) is 1. The molecule has 0 heterocycles. The van der Waals surface area contributed by atoms with Crippen molar-refractivity contribution in [3.8, 4) is 11.8 Å². The predicted molar refractivity (Wildman–Crippen MR) is 175 cm³/mol. The Balaban J connectivity index is 1.95. The number of hydrogen-bond donors (Lipinski definition) is 3. The number of aliphatic hydroxyl groups is 1. The second-order valence-electron chi connectivity index (χ2n) is 12.3. The van der Waals surface area contributed by atoms with Gasteiger partial charge in [0.25, 0.3) is 0 Å². The number of carbonyl (C=O) groups is 2. The molecule has 0 fully saturated rings. The van der Waals surface area contributed by atoms with Crippen molar-refractivity contribution in [2.75, 3.05) is 19.6 Å². The first-order valence-electron chi connectivity index (χ1n) is 15.8. The highest BCUT2D eigenvalue weighted by Crippen LogP contribution is 2.44. The number of aliphatic hydroxyl groups excluding tert-OH is 1. The first-order valence-corrected chi connectivity index (χ1v) is 15.8. The number of nitrogens with one attached hydrogen (secondary N) is 1. The zero-order valence-electron chi connectivity index (χ0n) is 27.1. The van der Waals surface area contributed by atoms with E-state index in [4.69, 9.17) is 5.73 Å². The molecule has 3 rings (SSSR count). The predicted octanol–water partition coefficient (Wildman–Crippen LogP) is 5.68. The topological polar surface area (TPSA) is 95.7 Å². The lowest BCUT2D eigenvalue weighted by atomic mass is 9.63. The molecule has 242 valence electrons. The van der Waals surface area contributed by atoms with E-state index in [0.29, 0.717) is 30.8 Å². The number of rotatable bonds is 14. The highest BCUT2D eigenvalue weighted by Gasteiger charge is 2.48. The van der Waals surface area contributed by atoms with Crippen LogP contribution in [0.25, 0.3) is 0 Å². The molecule has 1 aliphatic carbocycles. The molecule has 2 amide bonds. The molecule has 45 heavy (non-hydrogen) atoms. The largest absolute Gasteiger partial charge is 0.391 e. The van der Waals surface area contributed by atoms with Gasteiger partial charge in [0.2, 0.25) is 11.8 Å². The number of amides is 2. The molecule has 2 aromatic carbocycles. The number of hydrogen-bond acceptors (Lipinski definition) is 4. The minimum absolute atomic E-state index is 0.0292. The standard InChI is InChI=1S/C37H47F2N3O3/c1-6-13-42(14-7-2)35(44)30-15-26(5)21-37(22-30,36(40)45)33(19-29-17-31(38)20-32(39)18-29)34(43)24-41-23-28-10-8-9-27(16-28)12-11-25(3)4/h8-10,15-18,20-21,25,33-34,41,43H,6-7,13-14,19,22-24H2,1-5H3,(H2,40,45)/t33-,34+,37?/m1/s1. The molecule has 0 spiro atoms. The van der Waals surface area contributed by atoms with Gasteiger partial charge in [0.15, 0.2) is 0 Å². The number of allylic oxidation sites excluding steroid dienone is 2. The Morgan fingerprint density at radius 1 is 1.07 bits per heavy atom. The van der Waals surface area contributed by atoms with E-state index >= 15 is 0 Å². The maximum absolute atomic E-state index is 14.3. The van der Waals surface area contributed by atoms with Crippen LogP contribution >= 0.6 is 0 Å². The Labute approximate surface area is 266 Å². The van der Waals surface area contributed by atoms with E-state index in [1.165, 1.54) is 12.1 Å². The quantitative estimate of drug-likeness (QED) is 0.237. The molecule has 0 aromatic heterocycles. The van der Waals surface area contributed by atoms with Gasteiger partial charge in [-0.2, -0.15) is 0 Å². The van der Waals surface area contributed by atoms with Crippen LogP contribution in [0.2, 0.25) is 0 Å². The van der Waals surface area contributed by atoms with Crippen molar-refractivity contribution in [3.63, 3.8) is 0 Å². The van der Waals surface area contributed by atoms with Crippen LogP contribution in [0.4, 0.5) is 8.78 Å². The second kappa shape index (κ2) is 16.5. The summed E-state index contributed by atoms with van der Waals surface area (Å²) in [7, 11) is 0. The summed E-state index contributed by atoms with van der Waals surface area (Å²) in [5, 5.41) is 15.0. The molecule has 0 bridgehead atoms. The van der Waals surface area contributed by atoms with Crippen molar-refractivity contribution in [2.24, 2.45) is 23.0 Å². The zero-order valence-corrected chi connectivity index (χ0v) is 27.1. The summed E-state index contributed by atoms with van der Waals surface area (Å²) in [6, 6.07) is 10.9. The molecule has 2 aromatic rings. The van der Waals surface area contributed by atoms with Crippen LogP contribution in [0.5, 0.6) is 0 Å². The van der Waals surface area contributed by atoms with Crippen molar-refractivity contribution >= 4 is 11.8 Å². The third-order valence-electron chi connectivity index (χ3n) is 8.00. The highest BCUT2D eigenvalue weighted by atomic mass is 19.1. The Kier molecular flexibility index (Phi) is 13.1. The van der Waals surface area contributed by atoms with Gasteiger partial charge >= 0.3 is 0 Å². The smallest absolute Gasteiger partial charge is 0.249 e. The van der Waals surface area contributed by atoms with Gasteiger partial charge in [-0.1, -0.05) is 69.4 Å². The molecular weight excluding hydrogens is 572 g/mol. The van der Waals surface area contributed by atoms with Gasteiger partial charge in [-0.25, -0.2) is 8.78 Å². The molecule has 8 heteroatoms. The fraction of sp³-hybridized carbons (Fsp3) is 0.459. The van der Waals surface area contributed by atoms with Crippen molar-refractivity contribution in [1.29, 1.82) is 0 Å². The number of carbonyl (C=O) groups excluding carboxylic acids is 2. The highest BCUT2D eigenvalue weighted by molar-refractivity contribution is 5.97. The summed E-state index contributed by atoms with van der Waals surface area (Å²) in [5.74, 6) is 3.24. The minimum atomic E-state index is -1.48. The third-order valence-corrected chi connectivity index (χ3v) is 8.00. The summed E-state index contributed by atoms with van der Waals surface area (Å²) in [5.41, 5.74) is 7.85. The van der Waals surface area contributed by atoms with Gasteiger partial charge in [0.1, 0.15) is 11.6 Å². The van der Waals surface area contributed by atoms with E-state index in [9.17, 15) is 23.5 Å². The molecule has 1 unspecified atom stereocenters. The summed E-state index contributed by atoms with van der Waals surface area (Å²) in [4.78, 5) is 28.9. The van der Waals surface area contributed by atoms with Gasteiger partial charge in [0, 0.05) is 55.2 Å². The lowest BCUT2D eigenvalue weighted by Crippen LogP contribution is -2.51. The van der Waals surface area contributed by atoms with Crippen molar-refractivity contribution in [2.45, 2.75) is 73.0 Å². The first kappa shape index (κ1) is 35.7. The molecule has 4 N–H and O–H groups in total. The van der Waals surface area contributed by atoms with Gasteiger partial charge in [-0.05, 0) is 68.0 Å².